The normalized spacial score (nSPS) is 14.0. The summed E-state index contributed by atoms with van der Waals surface area (Å²) < 4.78 is 41.4. The van der Waals surface area contributed by atoms with Crippen molar-refractivity contribution in [1.82, 2.24) is 4.72 Å². The highest BCUT2D eigenvalue weighted by Crippen LogP contribution is 2.32. The molecule has 146 valence electrons. The predicted octanol–water partition coefficient (Wildman–Crippen LogP) is 3.28. The first-order chi connectivity index (χ1) is 11.3. The average molecular weight is 368 g/mol. The van der Waals surface area contributed by atoms with E-state index >= 15 is 0 Å². The summed E-state index contributed by atoms with van der Waals surface area (Å²) in [5.74, 6) is -1.00. The van der Waals surface area contributed by atoms with Gasteiger partial charge in [0.2, 0.25) is 10.0 Å². The second-order valence-corrected chi connectivity index (χ2v) is 8.11. The number of hydrogen-bond acceptors (Lipinski definition) is 5. The van der Waals surface area contributed by atoms with E-state index in [1.54, 1.807) is 21.3 Å². The molecule has 0 aromatic heterocycles. The average Bonchev–Trinajstić information content (AvgIpc) is 2.54. The van der Waals surface area contributed by atoms with E-state index in [1.165, 1.54) is 38.4 Å². The second-order valence-electron chi connectivity index (χ2n) is 6.28. The predicted molar refractivity (Wildman–Crippen MR) is 97.3 cm³/mol. The summed E-state index contributed by atoms with van der Waals surface area (Å²) >= 11 is 0. The maximum Gasteiger partial charge on any atom is 0.285 e. The van der Waals surface area contributed by atoms with Crippen LogP contribution in [0.25, 0.3) is 0 Å². The van der Waals surface area contributed by atoms with Gasteiger partial charge in [0.15, 0.2) is 0 Å². The van der Waals surface area contributed by atoms with E-state index < -0.39 is 16.0 Å². The molecule has 7 heteroatoms. The minimum absolute atomic E-state index is 0.0602. The van der Waals surface area contributed by atoms with Crippen LogP contribution in [0.5, 0.6) is 0 Å². The maximum absolute atomic E-state index is 11.2. The smallest absolute Gasteiger partial charge is 0.285 e. The Morgan fingerprint density at radius 1 is 0.875 bits per heavy atom. The molecular formula is C17H37NO5S. The van der Waals surface area contributed by atoms with Gasteiger partial charge in [0.05, 0.1) is 6.26 Å². The fourth-order valence-electron chi connectivity index (χ4n) is 3.02. The molecule has 24 heavy (non-hydrogen) atoms. The van der Waals surface area contributed by atoms with Gasteiger partial charge in [-0.1, -0.05) is 45.4 Å². The first kappa shape index (κ1) is 23.8. The van der Waals surface area contributed by atoms with Crippen molar-refractivity contribution in [3.63, 3.8) is 0 Å². The molecule has 1 unspecified atom stereocenters. The first-order valence-electron chi connectivity index (χ1n) is 8.95. The Bertz CT molecular complexity index is 388. The number of methoxy groups -OCH3 is 3. The molecule has 0 aliphatic heterocycles. The van der Waals surface area contributed by atoms with Gasteiger partial charge in [0.1, 0.15) is 0 Å². The summed E-state index contributed by atoms with van der Waals surface area (Å²) in [4.78, 5) is 0. The SMILES string of the molecule is CCCCCCCCC(CCCNS(C)(=O)=O)C(OC)(OC)OC. The highest BCUT2D eigenvalue weighted by molar-refractivity contribution is 7.88. The lowest BCUT2D eigenvalue weighted by molar-refractivity contribution is -0.380. The van der Waals surface area contributed by atoms with E-state index in [0.717, 1.165) is 19.3 Å². The van der Waals surface area contributed by atoms with Crippen LogP contribution >= 0.6 is 0 Å². The highest BCUT2D eigenvalue weighted by atomic mass is 32.2. The van der Waals surface area contributed by atoms with Gasteiger partial charge in [-0.2, -0.15) is 0 Å². The van der Waals surface area contributed by atoms with Crippen molar-refractivity contribution in [2.75, 3.05) is 34.1 Å². The minimum Gasteiger partial charge on any atom is -0.331 e. The van der Waals surface area contributed by atoms with Crippen LogP contribution in [0.15, 0.2) is 0 Å². The number of rotatable bonds is 16. The number of ether oxygens (including phenoxy) is 3. The summed E-state index contributed by atoms with van der Waals surface area (Å²) in [6.07, 6.45) is 10.9. The van der Waals surface area contributed by atoms with Crippen LogP contribution in [0.1, 0.15) is 64.7 Å². The van der Waals surface area contributed by atoms with E-state index in [-0.39, 0.29) is 5.92 Å². The zero-order chi connectivity index (χ0) is 18.5. The minimum atomic E-state index is -3.15. The molecule has 0 fully saturated rings. The van der Waals surface area contributed by atoms with Crippen LogP contribution in [-0.2, 0) is 24.2 Å². The van der Waals surface area contributed by atoms with Gasteiger partial charge in [0, 0.05) is 33.8 Å². The molecule has 0 rings (SSSR count). The summed E-state index contributed by atoms with van der Waals surface area (Å²) in [6.45, 7) is 2.63. The fourth-order valence-corrected chi connectivity index (χ4v) is 3.54. The van der Waals surface area contributed by atoms with Crippen LogP contribution in [0.3, 0.4) is 0 Å². The molecule has 0 aromatic rings. The third kappa shape index (κ3) is 9.93. The van der Waals surface area contributed by atoms with Crippen LogP contribution in [0.2, 0.25) is 0 Å². The Morgan fingerprint density at radius 3 is 1.88 bits per heavy atom. The van der Waals surface area contributed by atoms with Crippen molar-refractivity contribution >= 4 is 10.0 Å². The van der Waals surface area contributed by atoms with Crippen molar-refractivity contribution in [1.29, 1.82) is 0 Å². The van der Waals surface area contributed by atoms with Gasteiger partial charge in [-0.3, -0.25) is 0 Å². The molecule has 1 atom stereocenters. The molecule has 0 bridgehead atoms. The Morgan fingerprint density at radius 2 is 1.38 bits per heavy atom. The lowest BCUT2D eigenvalue weighted by Crippen LogP contribution is -2.44. The van der Waals surface area contributed by atoms with Crippen molar-refractivity contribution in [3.8, 4) is 0 Å². The number of hydrogen-bond donors (Lipinski definition) is 1. The Labute approximate surface area is 148 Å². The van der Waals surface area contributed by atoms with E-state index in [0.29, 0.717) is 13.0 Å². The summed E-state index contributed by atoms with van der Waals surface area (Å²) in [5, 5.41) is 0. The van der Waals surface area contributed by atoms with Crippen LogP contribution in [0, 0.1) is 5.92 Å². The summed E-state index contributed by atoms with van der Waals surface area (Å²) in [7, 11) is 1.59. The molecule has 0 saturated heterocycles. The summed E-state index contributed by atoms with van der Waals surface area (Å²) in [6, 6.07) is 0. The maximum atomic E-state index is 11.2. The quantitative estimate of drug-likeness (QED) is 0.335. The van der Waals surface area contributed by atoms with Gasteiger partial charge >= 0.3 is 0 Å². The molecular weight excluding hydrogens is 330 g/mol. The topological polar surface area (TPSA) is 73.9 Å². The molecule has 0 radical (unpaired) electrons. The number of nitrogens with one attached hydrogen (secondary N) is 1. The highest BCUT2D eigenvalue weighted by Gasteiger charge is 2.39. The molecule has 6 nitrogen and oxygen atoms in total. The monoisotopic (exact) mass is 367 g/mol. The van der Waals surface area contributed by atoms with Crippen LogP contribution in [0.4, 0.5) is 0 Å². The van der Waals surface area contributed by atoms with E-state index in [1.807, 2.05) is 0 Å². The van der Waals surface area contributed by atoms with Crippen molar-refractivity contribution in [2.24, 2.45) is 5.92 Å². The molecule has 1 N–H and O–H groups in total. The molecule has 0 spiro atoms. The number of unbranched alkanes of at least 4 members (excludes halogenated alkanes) is 5. The molecule has 0 aromatic carbocycles. The molecule has 0 aliphatic carbocycles. The molecule has 0 amide bonds. The van der Waals surface area contributed by atoms with Crippen LogP contribution < -0.4 is 4.72 Å². The zero-order valence-electron chi connectivity index (χ0n) is 16.1. The van der Waals surface area contributed by atoms with Gasteiger partial charge < -0.3 is 14.2 Å². The Balaban J connectivity index is 4.48. The standard InChI is InChI=1S/C17H37NO5S/c1-6-7-8-9-10-11-13-16(17(21-2,22-3)23-4)14-12-15-18-24(5,19)20/h16,18H,6-15H2,1-5H3. The van der Waals surface area contributed by atoms with Gasteiger partial charge in [-0.25, -0.2) is 13.1 Å². The van der Waals surface area contributed by atoms with Gasteiger partial charge in [-0.05, 0) is 19.3 Å². The zero-order valence-corrected chi connectivity index (χ0v) is 16.9. The second kappa shape index (κ2) is 13.1. The van der Waals surface area contributed by atoms with E-state index in [2.05, 4.69) is 11.6 Å². The Kier molecular flexibility index (Phi) is 12.9. The largest absolute Gasteiger partial charge is 0.331 e. The number of sulfonamides is 1. The van der Waals surface area contributed by atoms with Crippen molar-refractivity contribution < 1.29 is 22.6 Å². The third-order valence-electron chi connectivity index (χ3n) is 4.35. The Hall–Kier alpha value is -0.210. The lowest BCUT2D eigenvalue weighted by Gasteiger charge is -2.36. The molecule has 0 saturated carbocycles. The van der Waals surface area contributed by atoms with Crippen molar-refractivity contribution in [3.05, 3.63) is 0 Å². The van der Waals surface area contributed by atoms with Crippen molar-refractivity contribution in [2.45, 2.75) is 70.7 Å². The van der Waals surface area contributed by atoms with E-state index in [4.69, 9.17) is 14.2 Å². The fraction of sp³-hybridized carbons (Fsp3) is 1.00. The lowest BCUT2D eigenvalue weighted by atomic mass is 9.93. The third-order valence-corrected chi connectivity index (χ3v) is 5.08. The summed E-state index contributed by atoms with van der Waals surface area (Å²) in [5.41, 5.74) is 0. The van der Waals surface area contributed by atoms with Gasteiger partial charge in [-0.15, -0.1) is 0 Å². The molecule has 0 aliphatic rings. The van der Waals surface area contributed by atoms with Gasteiger partial charge in [0.25, 0.3) is 5.97 Å². The van der Waals surface area contributed by atoms with Crippen LogP contribution in [-0.4, -0.2) is 48.5 Å². The molecule has 0 heterocycles. The van der Waals surface area contributed by atoms with E-state index in [9.17, 15) is 8.42 Å². The first-order valence-corrected chi connectivity index (χ1v) is 10.8.